The van der Waals surface area contributed by atoms with E-state index in [4.69, 9.17) is 0 Å². The molecule has 0 aliphatic carbocycles. The van der Waals surface area contributed by atoms with Crippen LogP contribution in [0.1, 0.15) is 30.4 Å². The van der Waals surface area contributed by atoms with E-state index < -0.39 is 10.0 Å². The highest BCUT2D eigenvalue weighted by atomic mass is 32.2. The smallest absolute Gasteiger partial charge is 0.215 e. The van der Waals surface area contributed by atoms with Crippen LogP contribution < -0.4 is 4.72 Å². The second-order valence-electron chi connectivity index (χ2n) is 6.12. The topological polar surface area (TPSA) is 49.4 Å². The predicted molar refractivity (Wildman–Crippen MR) is 86.6 cm³/mol. The van der Waals surface area contributed by atoms with Crippen molar-refractivity contribution in [3.63, 3.8) is 0 Å². The Morgan fingerprint density at radius 1 is 1.24 bits per heavy atom. The van der Waals surface area contributed by atoms with Crippen LogP contribution in [0.5, 0.6) is 0 Å². The highest BCUT2D eigenvalue weighted by molar-refractivity contribution is 7.88. The zero-order valence-electron chi connectivity index (χ0n) is 13.0. The number of aryl methyl sites for hydroxylation is 1. The van der Waals surface area contributed by atoms with Gasteiger partial charge in [0, 0.05) is 6.54 Å². The summed E-state index contributed by atoms with van der Waals surface area (Å²) in [5.41, 5.74) is 1.91. The first-order valence-electron chi connectivity index (χ1n) is 7.67. The zero-order chi connectivity index (χ0) is 15.3. The molecule has 1 heterocycles. The molecule has 1 aromatic rings. The van der Waals surface area contributed by atoms with Gasteiger partial charge in [0.1, 0.15) is 0 Å². The molecule has 1 fully saturated rings. The minimum absolute atomic E-state index is 0.0765. The number of hydrogen-bond acceptors (Lipinski definition) is 3. The monoisotopic (exact) mass is 310 g/mol. The Balaban J connectivity index is 1.78. The average molecular weight is 310 g/mol. The molecule has 5 heteroatoms. The van der Waals surface area contributed by atoms with Gasteiger partial charge in [0.15, 0.2) is 0 Å². The lowest BCUT2D eigenvalue weighted by atomic mass is 9.94. The number of hydrogen-bond donors (Lipinski definition) is 1. The number of nitrogens with one attached hydrogen (secondary N) is 1. The van der Waals surface area contributed by atoms with Crippen molar-refractivity contribution in [1.29, 1.82) is 0 Å². The highest BCUT2D eigenvalue weighted by Gasteiger charge is 2.18. The second kappa shape index (κ2) is 7.38. The molecular formula is C16H26N2O2S. The molecule has 1 aliphatic rings. The van der Waals surface area contributed by atoms with Crippen molar-refractivity contribution in [2.45, 2.75) is 31.9 Å². The third-order valence-electron chi connectivity index (χ3n) is 4.32. The summed E-state index contributed by atoms with van der Waals surface area (Å²) >= 11 is 0. The molecule has 1 aromatic carbocycles. The number of nitrogens with zero attached hydrogens (tertiary/aromatic N) is 1. The van der Waals surface area contributed by atoms with Crippen LogP contribution >= 0.6 is 0 Å². The van der Waals surface area contributed by atoms with Gasteiger partial charge in [-0.25, -0.2) is 13.1 Å². The molecule has 1 saturated heterocycles. The maximum Gasteiger partial charge on any atom is 0.215 e. The Morgan fingerprint density at radius 3 is 2.57 bits per heavy atom. The van der Waals surface area contributed by atoms with Crippen LogP contribution in [0.15, 0.2) is 24.3 Å². The minimum atomic E-state index is -3.23. The summed E-state index contributed by atoms with van der Waals surface area (Å²) in [6.45, 7) is 4.76. The highest BCUT2D eigenvalue weighted by Crippen LogP contribution is 2.19. The summed E-state index contributed by atoms with van der Waals surface area (Å²) in [6, 6.07) is 7.64. The summed E-state index contributed by atoms with van der Waals surface area (Å²) in [4.78, 5) is 2.33. The van der Waals surface area contributed by atoms with Crippen LogP contribution in [0.25, 0.3) is 0 Å². The van der Waals surface area contributed by atoms with E-state index in [0.29, 0.717) is 12.5 Å². The quantitative estimate of drug-likeness (QED) is 0.876. The van der Waals surface area contributed by atoms with Crippen molar-refractivity contribution < 1.29 is 8.42 Å². The summed E-state index contributed by atoms with van der Waals surface area (Å²) in [7, 11) is -1.09. The fraction of sp³-hybridized carbons (Fsp3) is 0.625. The molecule has 0 unspecified atom stereocenters. The Labute approximate surface area is 128 Å². The van der Waals surface area contributed by atoms with Gasteiger partial charge in [0.25, 0.3) is 0 Å². The molecule has 2 rings (SSSR count). The lowest BCUT2D eigenvalue weighted by Crippen LogP contribution is -2.33. The van der Waals surface area contributed by atoms with Gasteiger partial charge in [-0.1, -0.05) is 24.3 Å². The first-order chi connectivity index (χ1) is 9.96. The molecule has 0 amide bonds. The van der Waals surface area contributed by atoms with Crippen LogP contribution in [0.2, 0.25) is 0 Å². The van der Waals surface area contributed by atoms with Crippen LogP contribution in [0.3, 0.4) is 0 Å². The van der Waals surface area contributed by atoms with E-state index in [-0.39, 0.29) is 5.75 Å². The van der Waals surface area contributed by atoms with Crippen molar-refractivity contribution in [3.05, 3.63) is 35.4 Å². The zero-order valence-corrected chi connectivity index (χ0v) is 13.8. The molecule has 0 saturated carbocycles. The number of piperidine rings is 1. The Bertz CT molecular complexity index is 549. The average Bonchev–Trinajstić information content (AvgIpc) is 2.43. The van der Waals surface area contributed by atoms with E-state index in [0.717, 1.165) is 30.6 Å². The molecule has 21 heavy (non-hydrogen) atoms. The van der Waals surface area contributed by atoms with E-state index >= 15 is 0 Å². The van der Waals surface area contributed by atoms with Gasteiger partial charge in [0.2, 0.25) is 10.0 Å². The maximum atomic E-state index is 12.1. The van der Waals surface area contributed by atoms with E-state index in [2.05, 4.69) is 16.7 Å². The molecule has 118 valence electrons. The summed E-state index contributed by atoms with van der Waals surface area (Å²) in [5.74, 6) is 0.731. The van der Waals surface area contributed by atoms with Gasteiger partial charge >= 0.3 is 0 Å². The summed E-state index contributed by atoms with van der Waals surface area (Å²) < 4.78 is 27.0. The maximum absolute atomic E-state index is 12.1. The number of rotatable bonds is 6. The second-order valence-corrected chi connectivity index (χ2v) is 7.92. The Kier molecular flexibility index (Phi) is 5.79. The van der Waals surface area contributed by atoms with Crippen molar-refractivity contribution in [2.75, 3.05) is 26.7 Å². The summed E-state index contributed by atoms with van der Waals surface area (Å²) in [5, 5.41) is 0. The first kappa shape index (κ1) is 16.5. The number of benzene rings is 1. The first-order valence-corrected chi connectivity index (χ1v) is 9.32. The Hall–Kier alpha value is -0.910. The van der Waals surface area contributed by atoms with Crippen LogP contribution in [0.4, 0.5) is 0 Å². The molecule has 0 spiro atoms. The third-order valence-corrected chi connectivity index (χ3v) is 5.65. The fourth-order valence-corrected chi connectivity index (χ4v) is 4.06. The van der Waals surface area contributed by atoms with E-state index in [9.17, 15) is 8.42 Å². The van der Waals surface area contributed by atoms with Gasteiger partial charge in [-0.3, -0.25) is 0 Å². The lowest BCUT2D eigenvalue weighted by Gasteiger charge is -2.28. The standard InChI is InChI=1S/C16H26N2O2S/c1-14-5-3-4-6-16(14)13-21(19,20)17-10-7-15-8-11-18(2)12-9-15/h3-6,15,17H,7-13H2,1-2H3. The van der Waals surface area contributed by atoms with Crippen molar-refractivity contribution in [3.8, 4) is 0 Å². The van der Waals surface area contributed by atoms with E-state index in [1.54, 1.807) is 0 Å². The fourth-order valence-electron chi connectivity index (χ4n) is 2.80. The largest absolute Gasteiger partial charge is 0.306 e. The van der Waals surface area contributed by atoms with Crippen LogP contribution in [0, 0.1) is 12.8 Å². The molecule has 0 radical (unpaired) electrons. The van der Waals surface area contributed by atoms with Gasteiger partial charge in [-0.05, 0) is 63.4 Å². The van der Waals surface area contributed by atoms with Gasteiger partial charge in [0.05, 0.1) is 5.75 Å². The molecule has 0 atom stereocenters. The van der Waals surface area contributed by atoms with E-state index in [1.807, 2.05) is 31.2 Å². The molecule has 1 N–H and O–H groups in total. The molecule has 0 bridgehead atoms. The van der Waals surface area contributed by atoms with Crippen LogP contribution in [-0.2, 0) is 15.8 Å². The molecular weight excluding hydrogens is 284 g/mol. The predicted octanol–water partition coefficient (Wildman–Crippen LogP) is 2.15. The minimum Gasteiger partial charge on any atom is -0.306 e. The molecule has 4 nitrogen and oxygen atoms in total. The van der Waals surface area contributed by atoms with Crippen molar-refractivity contribution in [2.24, 2.45) is 5.92 Å². The van der Waals surface area contributed by atoms with E-state index in [1.165, 1.54) is 12.8 Å². The molecule has 1 aliphatic heterocycles. The molecule has 0 aromatic heterocycles. The SMILES string of the molecule is Cc1ccccc1CS(=O)(=O)NCCC1CCN(C)CC1. The normalized spacial score (nSPS) is 18.0. The van der Waals surface area contributed by atoms with Crippen LogP contribution in [-0.4, -0.2) is 40.0 Å². The van der Waals surface area contributed by atoms with Gasteiger partial charge in [-0.15, -0.1) is 0 Å². The lowest BCUT2D eigenvalue weighted by molar-refractivity contribution is 0.213. The van der Waals surface area contributed by atoms with Crippen molar-refractivity contribution in [1.82, 2.24) is 9.62 Å². The van der Waals surface area contributed by atoms with Gasteiger partial charge < -0.3 is 4.90 Å². The third kappa shape index (κ3) is 5.41. The number of sulfonamides is 1. The van der Waals surface area contributed by atoms with Gasteiger partial charge in [-0.2, -0.15) is 0 Å². The summed E-state index contributed by atoms with van der Waals surface area (Å²) in [6.07, 6.45) is 3.30. The van der Waals surface area contributed by atoms with Crippen molar-refractivity contribution >= 4 is 10.0 Å². The Morgan fingerprint density at radius 2 is 1.90 bits per heavy atom. The number of likely N-dealkylation sites (tertiary alicyclic amines) is 1.